The normalized spacial score (nSPS) is 9.94. The zero-order valence-electron chi connectivity index (χ0n) is 9.85. The van der Waals surface area contributed by atoms with Gasteiger partial charge in [-0.2, -0.15) is 11.8 Å². The van der Waals surface area contributed by atoms with E-state index in [1.165, 1.54) is 7.11 Å². The number of methoxy groups -OCH3 is 1. The zero-order chi connectivity index (χ0) is 12.5. The summed E-state index contributed by atoms with van der Waals surface area (Å²) in [6, 6.07) is 7.40. The van der Waals surface area contributed by atoms with Crippen LogP contribution in [-0.4, -0.2) is 31.2 Å². The lowest BCUT2D eigenvalue weighted by molar-refractivity contribution is -0.140. The second-order valence-corrected chi connectivity index (χ2v) is 4.55. The van der Waals surface area contributed by atoms with E-state index in [1.807, 2.05) is 18.2 Å². The van der Waals surface area contributed by atoms with Crippen molar-refractivity contribution < 1.29 is 14.3 Å². The summed E-state index contributed by atoms with van der Waals surface area (Å²) in [5, 5.41) is 0. The van der Waals surface area contributed by atoms with Gasteiger partial charge in [0.05, 0.1) is 25.8 Å². The Labute approximate surface area is 105 Å². The SMILES string of the molecule is COC(=O)CCSCCOc1ccccc1N. The Bertz CT molecular complexity index is 357. The number of para-hydroxylation sites is 2. The molecule has 0 aliphatic rings. The van der Waals surface area contributed by atoms with Gasteiger partial charge in [-0.25, -0.2) is 0 Å². The van der Waals surface area contributed by atoms with Crippen molar-refractivity contribution in [1.82, 2.24) is 0 Å². The topological polar surface area (TPSA) is 61.5 Å². The molecular weight excluding hydrogens is 238 g/mol. The number of carbonyl (C=O) groups is 1. The van der Waals surface area contributed by atoms with Crippen LogP contribution in [0.1, 0.15) is 6.42 Å². The smallest absolute Gasteiger partial charge is 0.306 e. The Morgan fingerprint density at radius 1 is 1.35 bits per heavy atom. The van der Waals surface area contributed by atoms with Crippen molar-refractivity contribution in [3.8, 4) is 5.75 Å². The first-order valence-electron chi connectivity index (χ1n) is 5.36. The van der Waals surface area contributed by atoms with Crippen LogP contribution in [0.4, 0.5) is 5.69 Å². The van der Waals surface area contributed by atoms with E-state index in [9.17, 15) is 4.79 Å². The summed E-state index contributed by atoms with van der Waals surface area (Å²) >= 11 is 1.66. The van der Waals surface area contributed by atoms with Crippen molar-refractivity contribution in [2.75, 3.05) is 31.0 Å². The third-order valence-electron chi connectivity index (χ3n) is 2.08. The van der Waals surface area contributed by atoms with Crippen molar-refractivity contribution in [1.29, 1.82) is 0 Å². The van der Waals surface area contributed by atoms with E-state index in [0.29, 0.717) is 24.5 Å². The summed E-state index contributed by atoms with van der Waals surface area (Å²) in [5.74, 6) is 2.11. The van der Waals surface area contributed by atoms with Gasteiger partial charge in [-0.05, 0) is 12.1 Å². The van der Waals surface area contributed by atoms with Crippen LogP contribution in [0.2, 0.25) is 0 Å². The molecule has 0 atom stereocenters. The number of thioether (sulfide) groups is 1. The maximum Gasteiger partial charge on any atom is 0.306 e. The number of nitrogen functional groups attached to an aromatic ring is 1. The fourth-order valence-electron chi connectivity index (χ4n) is 1.18. The molecule has 94 valence electrons. The summed E-state index contributed by atoms with van der Waals surface area (Å²) in [6.45, 7) is 0.583. The molecule has 0 unspecified atom stereocenters. The molecule has 1 aromatic rings. The number of hydrogen-bond acceptors (Lipinski definition) is 5. The third-order valence-corrected chi connectivity index (χ3v) is 3.03. The Hall–Kier alpha value is -1.36. The minimum absolute atomic E-state index is 0.175. The van der Waals surface area contributed by atoms with E-state index >= 15 is 0 Å². The van der Waals surface area contributed by atoms with Crippen LogP contribution in [-0.2, 0) is 9.53 Å². The molecule has 0 spiro atoms. The van der Waals surface area contributed by atoms with Crippen LogP contribution < -0.4 is 10.5 Å². The van der Waals surface area contributed by atoms with Crippen molar-refractivity contribution in [2.45, 2.75) is 6.42 Å². The summed E-state index contributed by atoms with van der Waals surface area (Å²) in [4.78, 5) is 10.8. The van der Waals surface area contributed by atoms with Gasteiger partial charge in [0.25, 0.3) is 0 Å². The molecule has 0 saturated heterocycles. The van der Waals surface area contributed by atoms with E-state index in [0.717, 1.165) is 11.5 Å². The molecule has 0 fully saturated rings. The van der Waals surface area contributed by atoms with Gasteiger partial charge in [0.1, 0.15) is 5.75 Å². The molecule has 1 rings (SSSR count). The van der Waals surface area contributed by atoms with Crippen LogP contribution in [0.5, 0.6) is 5.75 Å². The lowest BCUT2D eigenvalue weighted by Crippen LogP contribution is -2.05. The molecule has 0 aliphatic heterocycles. The largest absolute Gasteiger partial charge is 0.491 e. The zero-order valence-corrected chi connectivity index (χ0v) is 10.7. The number of hydrogen-bond donors (Lipinski definition) is 1. The molecule has 2 N–H and O–H groups in total. The number of ether oxygens (including phenoxy) is 2. The highest BCUT2D eigenvalue weighted by Crippen LogP contribution is 2.19. The molecule has 0 bridgehead atoms. The maximum atomic E-state index is 10.8. The van der Waals surface area contributed by atoms with Gasteiger partial charge in [0.15, 0.2) is 0 Å². The first-order chi connectivity index (χ1) is 8.24. The highest BCUT2D eigenvalue weighted by molar-refractivity contribution is 7.99. The van der Waals surface area contributed by atoms with Gasteiger partial charge in [0, 0.05) is 11.5 Å². The fourth-order valence-corrected chi connectivity index (χ4v) is 1.90. The fraction of sp³-hybridized carbons (Fsp3) is 0.417. The molecule has 1 aromatic carbocycles. The van der Waals surface area contributed by atoms with Crippen LogP contribution in [0.25, 0.3) is 0 Å². The minimum Gasteiger partial charge on any atom is -0.491 e. The summed E-state index contributed by atoms with van der Waals surface area (Å²) in [7, 11) is 1.40. The number of nitrogens with two attached hydrogens (primary N) is 1. The van der Waals surface area contributed by atoms with E-state index in [2.05, 4.69) is 4.74 Å². The van der Waals surface area contributed by atoms with Gasteiger partial charge in [0.2, 0.25) is 0 Å². The molecule has 0 amide bonds. The Kier molecular flexibility index (Phi) is 6.32. The van der Waals surface area contributed by atoms with Gasteiger partial charge >= 0.3 is 5.97 Å². The van der Waals surface area contributed by atoms with Crippen molar-refractivity contribution in [2.24, 2.45) is 0 Å². The van der Waals surface area contributed by atoms with E-state index in [4.69, 9.17) is 10.5 Å². The number of carbonyl (C=O) groups excluding carboxylic acids is 1. The molecular formula is C12H17NO3S. The van der Waals surface area contributed by atoms with Gasteiger partial charge in [-0.15, -0.1) is 0 Å². The molecule has 0 saturated carbocycles. The average molecular weight is 255 g/mol. The summed E-state index contributed by atoms with van der Waals surface area (Å²) in [6.07, 6.45) is 0.439. The maximum absolute atomic E-state index is 10.8. The van der Waals surface area contributed by atoms with E-state index in [-0.39, 0.29) is 5.97 Å². The minimum atomic E-state index is -0.175. The monoisotopic (exact) mass is 255 g/mol. The molecule has 0 aliphatic carbocycles. The Balaban J connectivity index is 2.09. The first kappa shape index (κ1) is 13.7. The average Bonchev–Trinajstić information content (AvgIpc) is 2.35. The number of anilines is 1. The van der Waals surface area contributed by atoms with Gasteiger partial charge in [-0.1, -0.05) is 12.1 Å². The number of benzene rings is 1. The van der Waals surface area contributed by atoms with Crippen LogP contribution in [0.3, 0.4) is 0 Å². The Morgan fingerprint density at radius 3 is 2.82 bits per heavy atom. The van der Waals surface area contributed by atoms with Gasteiger partial charge in [-0.3, -0.25) is 4.79 Å². The highest BCUT2D eigenvalue weighted by atomic mass is 32.2. The quantitative estimate of drug-likeness (QED) is 0.458. The standard InChI is InChI=1S/C12H17NO3S/c1-15-12(14)6-8-17-9-7-16-11-5-3-2-4-10(11)13/h2-5H,6-9,13H2,1H3. The first-order valence-corrected chi connectivity index (χ1v) is 6.51. The molecule has 4 nitrogen and oxygen atoms in total. The van der Waals surface area contributed by atoms with E-state index in [1.54, 1.807) is 17.8 Å². The van der Waals surface area contributed by atoms with Crippen molar-refractivity contribution in [3.05, 3.63) is 24.3 Å². The lowest BCUT2D eigenvalue weighted by Gasteiger charge is -2.07. The number of esters is 1. The highest BCUT2D eigenvalue weighted by Gasteiger charge is 2.00. The Morgan fingerprint density at radius 2 is 2.12 bits per heavy atom. The molecule has 0 radical (unpaired) electrons. The number of rotatable bonds is 7. The third kappa shape index (κ3) is 5.49. The molecule has 5 heteroatoms. The van der Waals surface area contributed by atoms with Crippen molar-refractivity contribution in [3.63, 3.8) is 0 Å². The van der Waals surface area contributed by atoms with Crippen LogP contribution in [0.15, 0.2) is 24.3 Å². The molecule has 17 heavy (non-hydrogen) atoms. The summed E-state index contributed by atoms with van der Waals surface area (Å²) < 4.78 is 10.0. The second kappa shape index (κ2) is 7.84. The lowest BCUT2D eigenvalue weighted by atomic mass is 10.3. The van der Waals surface area contributed by atoms with Crippen LogP contribution >= 0.6 is 11.8 Å². The second-order valence-electron chi connectivity index (χ2n) is 3.32. The predicted octanol–water partition coefficient (Wildman–Crippen LogP) is 1.94. The van der Waals surface area contributed by atoms with Crippen LogP contribution in [0, 0.1) is 0 Å². The van der Waals surface area contributed by atoms with E-state index < -0.39 is 0 Å². The van der Waals surface area contributed by atoms with Crippen molar-refractivity contribution >= 4 is 23.4 Å². The summed E-state index contributed by atoms with van der Waals surface area (Å²) in [5.41, 5.74) is 6.37. The predicted molar refractivity (Wildman–Crippen MR) is 70.3 cm³/mol. The molecule has 0 heterocycles. The van der Waals surface area contributed by atoms with Gasteiger partial charge < -0.3 is 15.2 Å². The molecule has 0 aromatic heterocycles.